The summed E-state index contributed by atoms with van der Waals surface area (Å²) in [4.78, 5) is 47.7. The fraction of sp³-hybridized carbons (Fsp3) is 0.880. The minimum Gasteiger partial charge on any atom is -0.479 e. The lowest BCUT2D eigenvalue weighted by atomic mass is 9.58. The Morgan fingerprint density at radius 3 is 2.53 bits per heavy atom. The zero-order valence-electron chi connectivity index (χ0n) is 21.7. The number of carbonyl (C=O) groups is 3. The van der Waals surface area contributed by atoms with Crippen LogP contribution < -0.4 is 5.32 Å². The zero-order valence-corrected chi connectivity index (χ0v) is 21.7. The lowest BCUT2D eigenvalue weighted by Gasteiger charge is -2.59. The molecule has 5 rings (SSSR count). The predicted octanol–water partition coefficient (Wildman–Crippen LogP) is 2.11. The van der Waals surface area contributed by atoms with E-state index in [9.17, 15) is 19.5 Å². The molecule has 1 spiro atoms. The summed E-state index contributed by atoms with van der Waals surface area (Å²) in [6.07, 6.45) is -0.0108. The van der Waals surface area contributed by atoms with Gasteiger partial charge in [-0.15, -0.1) is 0 Å². The second kappa shape index (κ2) is 9.83. The quantitative estimate of drug-likeness (QED) is 0.325. The number of carboxylic acids is 1. The van der Waals surface area contributed by atoms with E-state index in [0.717, 1.165) is 19.3 Å². The van der Waals surface area contributed by atoms with Crippen LogP contribution in [0, 0.1) is 29.1 Å². The van der Waals surface area contributed by atoms with Crippen molar-refractivity contribution in [2.45, 2.75) is 103 Å². The van der Waals surface area contributed by atoms with Gasteiger partial charge in [-0.05, 0) is 38.0 Å². The highest BCUT2D eigenvalue weighted by Gasteiger charge is 2.69. The van der Waals surface area contributed by atoms with E-state index in [2.05, 4.69) is 12.2 Å². The van der Waals surface area contributed by atoms with E-state index in [1.54, 1.807) is 0 Å². The Morgan fingerprint density at radius 2 is 1.83 bits per heavy atom. The van der Waals surface area contributed by atoms with Crippen LogP contribution >= 0.6 is 0 Å². The Hall–Kier alpha value is -1.79. The van der Waals surface area contributed by atoms with Crippen LogP contribution in [0.5, 0.6) is 0 Å². The maximum atomic E-state index is 12.6. The first-order chi connectivity index (χ1) is 16.8. The molecule has 1 aliphatic carbocycles. The van der Waals surface area contributed by atoms with Gasteiger partial charge < -0.3 is 29.7 Å². The second-order valence-electron chi connectivity index (χ2n) is 11.8. The molecule has 4 saturated heterocycles. The van der Waals surface area contributed by atoms with E-state index < -0.39 is 53.3 Å². The van der Waals surface area contributed by atoms with Gasteiger partial charge in [0.1, 0.15) is 0 Å². The molecule has 5 fully saturated rings. The summed E-state index contributed by atoms with van der Waals surface area (Å²) >= 11 is 0. The highest BCUT2D eigenvalue weighted by molar-refractivity contribution is 5.81. The van der Waals surface area contributed by atoms with E-state index in [1.807, 2.05) is 13.8 Å². The molecule has 0 unspecified atom stereocenters. The lowest BCUT2D eigenvalue weighted by molar-refractivity contribution is -0.576. The molecule has 36 heavy (non-hydrogen) atoms. The maximum absolute atomic E-state index is 12.6. The van der Waals surface area contributed by atoms with Gasteiger partial charge in [0.2, 0.25) is 18.0 Å². The third-order valence-corrected chi connectivity index (χ3v) is 8.62. The van der Waals surface area contributed by atoms with Crippen LogP contribution in [0.1, 0.15) is 73.1 Å². The number of rotatable bonds is 8. The molecule has 0 radical (unpaired) electrons. The van der Waals surface area contributed by atoms with Crippen molar-refractivity contribution >= 4 is 17.8 Å². The summed E-state index contributed by atoms with van der Waals surface area (Å²) < 4.78 is 18.1. The molecule has 11 heteroatoms. The number of aliphatic carboxylic acids is 1. The van der Waals surface area contributed by atoms with Crippen LogP contribution in [-0.2, 0) is 38.4 Å². The van der Waals surface area contributed by atoms with Crippen molar-refractivity contribution < 1.29 is 48.6 Å². The number of aliphatic hydroxyl groups is 1. The molecule has 4 aliphatic heterocycles. The van der Waals surface area contributed by atoms with E-state index in [-0.39, 0.29) is 37.1 Å². The van der Waals surface area contributed by atoms with Gasteiger partial charge in [0.25, 0.3) is 0 Å². The minimum atomic E-state index is -1.63. The molecule has 1 saturated carbocycles. The van der Waals surface area contributed by atoms with E-state index >= 15 is 0 Å². The number of carboxylic acid groups (broad SMARTS) is 1. The predicted molar refractivity (Wildman–Crippen MR) is 123 cm³/mol. The number of hydrogen-bond donors (Lipinski definition) is 3. The second-order valence-corrected chi connectivity index (χ2v) is 11.8. The van der Waals surface area contributed by atoms with Crippen molar-refractivity contribution in [3.05, 3.63) is 0 Å². The van der Waals surface area contributed by atoms with Crippen LogP contribution in [0.3, 0.4) is 0 Å². The fourth-order valence-corrected chi connectivity index (χ4v) is 6.26. The number of carbonyl (C=O) groups excluding carboxylic acids is 2. The van der Waals surface area contributed by atoms with Crippen molar-refractivity contribution in [2.75, 3.05) is 6.54 Å². The number of aliphatic hydroxyl groups excluding tert-OH is 1. The molecule has 1 amide bonds. The number of ether oxygens (including phenoxy) is 3. The maximum Gasteiger partial charge on any atom is 0.333 e. The van der Waals surface area contributed by atoms with Crippen LogP contribution in [-0.4, -0.2) is 64.7 Å². The van der Waals surface area contributed by atoms with Crippen molar-refractivity contribution in [2.24, 2.45) is 29.1 Å². The van der Waals surface area contributed by atoms with Crippen LogP contribution in [0.4, 0.5) is 0 Å². The molecular formula is C25H39NO10. The van der Waals surface area contributed by atoms with Gasteiger partial charge >= 0.3 is 11.9 Å². The Balaban J connectivity index is 1.35. The number of fused-ring (bicyclic) bond motifs is 2. The molecule has 3 N–H and O–H groups in total. The van der Waals surface area contributed by atoms with Gasteiger partial charge in [-0.3, -0.25) is 9.59 Å². The normalized spacial score (nSPS) is 40.5. The van der Waals surface area contributed by atoms with E-state index in [4.69, 9.17) is 29.1 Å². The molecule has 0 aromatic heterocycles. The Morgan fingerprint density at radius 1 is 1.11 bits per heavy atom. The Labute approximate surface area is 211 Å². The first-order valence-electron chi connectivity index (χ1n) is 12.9. The van der Waals surface area contributed by atoms with Gasteiger partial charge in [0.05, 0.1) is 6.42 Å². The number of hydrogen-bond acceptors (Lipinski definition) is 9. The summed E-state index contributed by atoms with van der Waals surface area (Å²) in [6.45, 7) is 9.04. The molecule has 0 aromatic carbocycles. The monoisotopic (exact) mass is 513 g/mol. The van der Waals surface area contributed by atoms with Crippen molar-refractivity contribution in [1.29, 1.82) is 0 Å². The minimum absolute atomic E-state index is 0.0177. The van der Waals surface area contributed by atoms with Gasteiger partial charge in [0.15, 0.2) is 18.0 Å². The largest absolute Gasteiger partial charge is 0.479 e. The third-order valence-electron chi connectivity index (χ3n) is 8.62. The Kier molecular flexibility index (Phi) is 7.44. The molecule has 5 aliphatic rings. The summed E-state index contributed by atoms with van der Waals surface area (Å²) in [5.41, 5.74) is -1.82. The van der Waals surface area contributed by atoms with Crippen LogP contribution in [0.15, 0.2) is 0 Å². The molecule has 9 atom stereocenters. The first-order valence-corrected chi connectivity index (χ1v) is 12.9. The average Bonchev–Trinajstić information content (AvgIpc) is 3.05. The number of amides is 1. The van der Waals surface area contributed by atoms with Crippen molar-refractivity contribution in [3.8, 4) is 0 Å². The van der Waals surface area contributed by atoms with Gasteiger partial charge in [-0.1, -0.05) is 27.7 Å². The van der Waals surface area contributed by atoms with Crippen molar-refractivity contribution in [1.82, 2.24) is 5.32 Å². The molecule has 4 heterocycles. The van der Waals surface area contributed by atoms with Gasteiger partial charge in [0, 0.05) is 36.6 Å². The third kappa shape index (κ3) is 4.88. The smallest absolute Gasteiger partial charge is 0.333 e. The van der Waals surface area contributed by atoms with Gasteiger partial charge in [-0.25, -0.2) is 14.6 Å². The van der Waals surface area contributed by atoms with E-state index in [0.29, 0.717) is 12.3 Å². The molecule has 0 aromatic rings. The average molecular weight is 514 g/mol. The SMILES string of the molecule is C[C@H]1[C@H](OC(=O)CCC(=O)NCC(C)(C)[C@H](O)C(=O)O)O[C@@H]2O[C@]3(C)CC[C@H]4[C@H](C)CC[C@@H]1[C@]24OO3. The molecular weight excluding hydrogens is 474 g/mol. The van der Waals surface area contributed by atoms with Crippen LogP contribution in [0.2, 0.25) is 0 Å². The summed E-state index contributed by atoms with van der Waals surface area (Å²) in [6, 6.07) is 0. The number of esters is 1. The van der Waals surface area contributed by atoms with Crippen molar-refractivity contribution in [3.63, 3.8) is 0 Å². The number of nitrogens with one attached hydrogen (secondary N) is 1. The Bertz CT molecular complexity index is 879. The fourth-order valence-electron chi connectivity index (χ4n) is 6.26. The molecule has 2 bridgehead atoms. The summed E-state index contributed by atoms with van der Waals surface area (Å²) in [5.74, 6) is -2.83. The summed E-state index contributed by atoms with van der Waals surface area (Å²) in [7, 11) is 0. The van der Waals surface area contributed by atoms with E-state index in [1.165, 1.54) is 13.8 Å². The standard InChI is InChI=1S/C25H39NO10/c1-13-6-7-16-14(2)21(33-22-25(16)15(13)10-11-24(5,34-22)35-36-25)32-18(28)9-8-17(27)26-12-23(3,4)19(29)20(30)31/h13-16,19,21-22,29H,6-12H2,1-5H3,(H,26,27)(H,30,31)/t13-,14-,15+,16+,19-,21-,22-,24+,25+/m1/s1. The topological polar surface area (TPSA) is 150 Å². The summed E-state index contributed by atoms with van der Waals surface area (Å²) in [5, 5.41) is 21.3. The lowest BCUT2D eigenvalue weighted by Crippen LogP contribution is -2.70. The first kappa shape index (κ1) is 27.3. The molecule has 204 valence electrons. The van der Waals surface area contributed by atoms with Crippen LogP contribution in [0.25, 0.3) is 0 Å². The zero-order chi connectivity index (χ0) is 26.5. The highest BCUT2D eigenvalue weighted by Crippen LogP contribution is 2.60. The van der Waals surface area contributed by atoms with Gasteiger partial charge in [-0.2, -0.15) is 0 Å². The highest BCUT2D eigenvalue weighted by atomic mass is 17.3. The molecule has 11 nitrogen and oxygen atoms in total.